The summed E-state index contributed by atoms with van der Waals surface area (Å²) in [5.74, 6) is -3.04. The van der Waals surface area contributed by atoms with Gasteiger partial charge in [-0.05, 0) is 12.1 Å². The molecule has 2 rings (SSSR count). The van der Waals surface area contributed by atoms with Gasteiger partial charge in [0.05, 0.1) is 18.7 Å². The lowest BCUT2D eigenvalue weighted by Crippen LogP contribution is -2.14. The van der Waals surface area contributed by atoms with E-state index >= 15 is 0 Å². The van der Waals surface area contributed by atoms with Crippen molar-refractivity contribution in [3.8, 4) is 17.0 Å². The van der Waals surface area contributed by atoms with Gasteiger partial charge in [0.1, 0.15) is 0 Å². The van der Waals surface area contributed by atoms with Crippen LogP contribution < -0.4 is 10.5 Å². The minimum Gasteiger partial charge on any atom is -0.487 e. The molecule has 21 heavy (non-hydrogen) atoms. The largest absolute Gasteiger partial charge is 0.487 e. The second kappa shape index (κ2) is 5.84. The first-order valence-electron chi connectivity index (χ1n) is 5.66. The number of benzene rings is 1. The van der Waals surface area contributed by atoms with Gasteiger partial charge in [-0.2, -0.15) is 13.2 Å². The van der Waals surface area contributed by atoms with Gasteiger partial charge in [-0.1, -0.05) is 0 Å². The number of ether oxygens (including phenoxy) is 1. The highest BCUT2D eigenvalue weighted by atomic mass is 32.1. The lowest BCUT2D eigenvalue weighted by Gasteiger charge is -2.11. The number of alkyl halides is 3. The Hall–Kier alpha value is -1.90. The summed E-state index contributed by atoms with van der Waals surface area (Å²) in [6, 6.07) is 1.86. The Balaban J connectivity index is 2.18. The van der Waals surface area contributed by atoms with Gasteiger partial charge in [0.2, 0.25) is 0 Å². The maximum atomic E-state index is 13.7. The zero-order chi connectivity index (χ0) is 15.6. The molecule has 1 aromatic carbocycles. The van der Waals surface area contributed by atoms with E-state index in [1.54, 1.807) is 0 Å². The molecule has 114 valence electrons. The summed E-state index contributed by atoms with van der Waals surface area (Å²) < 4.78 is 67.9. The molecule has 1 aromatic heterocycles. The highest BCUT2D eigenvalue weighted by Gasteiger charge is 2.27. The first-order valence-corrected chi connectivity index (χ1v) is 6.54. The first-order chi connectivity index (χ1) is 9.76. The lowest BCUT2D eigenvalue weighted by atomic mass is 10.1. The molecule has 0 bridgehead atoms. The third kappa shape index (κ3) is 4.03. The van der Waals surface area contributed by atoms with Gasteiger partial charge in [-0.25, -0.2) is 13.8 Å². The molecule has 9 heteroatoms. The van der Waals surface area contributed by atoms with E-state index < -0.39 is 36.6 Å². The first kappa shape index (κ1) is 15.5. The molecule has 0 aliphatic rings. The molecule has 3 nitrogen and oxygen atoms in total. The van der Waals surface area contributed by atoms with Crippen molar-refractivity contribution < 1.29 is 26.7 Å². The Kier molecular flexibility index (Phi) is 4.31. The Labute approximate surface area is 120 Å². The lowest BCUT2D eigenvalue weighted by molar-refractivity contribution is -0.139. The molecule has 2 aromatic rings. The Morgan fingerprint density at radius 2 is 1.81 bits per heavy atom. The van der Waals surface area contributed by atoms with E-state index in [1.165, 1.54) is 5.38 Å². The summed E-state index contributed by atoms with van der Waals surface area (Å²) >= 11 is 1.10. The summed E-state index contributed by atoms with van der Waals surface area (Å²) in [7, 11) is 0. The smallest absolute Gasteiger partial charge is 0.392 e. The van der Waals surface area contributed by atoms with Crippen LogP contribution in [0.15, 0.2) is 17.5 Å². The van der Waals surface area contributed by atoms with E-state index in [4.69, 9.17) is 5.73 Å². The fourth-order valence-corrected chi connectivity index (χ4v) is 2.11. The number of halogens is 5. The summed E-state index contributed by atoms with van der Waals surface area (Å²) in [6.45, 7) is -0.861. The zero-order valence-corrected chi connectivity index (χ0v) is 11.2. The molecular weight excluding hydrogens is 315 g/mol. The van der Waals surface area contributed by atoms with E-state index in [2.05, 4.69) is 9.72 Å². The van der Waals surface area contributed by atoms with Crippen LogP contribution >= 0.6 is 11.3 Å². The number of aromatic nitrogens is 1. The average molecular weight is 324 g/mol. The van der Waals surface area contributed by atoms with Crippen molar-refractivity contribution in [3.63, 3.8) is 0 Å². The standard InChI is InChI=1S/C12H9F5N2OS/c13-7-3-6(9-5-21-11(18)19-9)4-8(14)10(7)20-2-1-12(15,16)17/h3-5H,1-2H2,(H2,18,19). The predicted octanol–water partition coefficient (Wildman–Crippen LogP) is 4.00. The monoisotopic (exact) mass is 324 g/mol. The predicted molar refractivity (Wildman–Crippen MR) is 68.0 cm³/mol. The molecule has 0 radical (unpaired) electrons. The van der Waals surface area contributed by atoms with E-state index in [9.17, 15) is 22.0 Å². The molecule has 0 atom stereocenters. The molecule has 2 N–H and O–H groups in total. The van der Waals surface area contributed by atoms with Gasteiger partial charge in [0, 0.05) is 10.9 Å². The van der Waals surface area contributed by atoms with E-state index in [0.29, 0.717) is 0 Å². The number of nitrogens with two attached hydrogens (primary N) is 1. The number of rotatable bonds is 4. The normalized spacial score (nSPS) is 11.7. The van der Waals surface area contributed by atoms with E-state index in [-0.39, 0.29) is 16.4 Å². The van der Waals surface area contributed by atoms with Crippen LogP contribution in [0.1, 0.15) is 6.42 Å². The van der Waals surface area contributed by atoms with Gasteiger partial charge >= 0.3 is 6.18 Å². The molecule has 0 saturated heterocycles. The fraction of sp³-hybridized carbons (Fsp3) is 0.250. The van der Waals surface area contributed by atoms with Gasteiger partial charge in [-0.15, -0.1) is 11.3 Å². The third-order valence-electron chi connectivity index (χ3n) is 2.45. The summed E-state index contributed by atoms with van der Waals surface area (Å²) in [5, 5.41) is 1.74. The second-order valence-corrected chi connectivity index (χ2v) is 4.94. The maximum Gasteiger partial charge on any atom is 0.392 e. The SMILES string of the molecule is Nc1nc(-c2cc(F)c(OCCC(F)(F)F)c(F)c2)cs1. The zero-order valence-electron chi connectivity index (χ0n) is 10.4. The Morgan fingerprint density at radius 1 is 1.19 bits per heavy atom. The average Bonchev–Trinajstić information content (AvgIpc) is 2.78. The second-order valence-electron chi connectivity index (χ2n) is 4.05. The number of nitrogens with zero attached hydrogens (tertiary/aromatic N) is 1. The van der Waals surface area contributed by atoms with Gasteiger partial charge in [-0.3, -0.25) is 0 Å². The van der Waals surface area contributed by atoms with Crippen LogP contribution in [0.25, 0.3) is 11.3 Å². The number of hydrogen-bond donors (Lipinski definition) is 1. The van der Waals surface area contributed by atoms with Crippen LogP contribution in [0.3, 0.4) is 0 Å². The van der Waals surface area contributed by atoms with Crippen LogP contribution in [0.2, 0.25) is 0 Å². The van der Waals surface area contributed by atoms with Crippen molar-refractivity contribution in [1.29, 1.82) is 0 Å². The molecule has 0 amide bonds. The summed E-state index contributed by atoms with van der Waals surface area (Å²) in [6.07, 6.45) is -5.75. The highest BCUT2D eigenvalue weighted by molar-refractivity contribution is 7.13. The van der Waals surface area contributed by atoms with Gasteiger partial charge in [0.25, 0.3) is 0 Å². The topological polar surface area (TPSA) is 48.1 Å². The van der Waals surface area contributed by atoms with Crippen molar-refractivity contribution in [3.05, 3.63) is 29.1 Å². The Bertz CT molecular complexity index is 618. The van der Waals surface area contributed by atoms with Crippen LogP contribution in [-0.4, -0.2) is 17.8 Å². The van der Waals surface area contributed by atoms with Crippen LogP contribution in [0, 0.1) is 11.6 Å². The fourth-order valence-electron chi connectivity index (χ4n) is 1.53. The molecule has 0 unspecified atom stereocenters. The Morgan fingerprint density at radius 3 is 2.29 bits per heavy atom. The van der Waals surface area contributed by atoms with Gasteiger partial charge in [0.15, 0.2) is 22.5 Å². The maximum absolute atomic E-state index is 13.7. The molecule has 0 saturated carbocycles. The van der Waals surface area contributed by atoms with Crippen molar-refractivity contribution >= 4 is 16.5 Å². The quantitative estimate of drug-likeness (QED) is 0.865. The number of hydrogen-bond acceptors (Lipinski definition) is 4. The number of thiazole rings is 1. The highest BCUT2D eigenvalue weighted by Crippen LogP contribution is 2.30. The van der Waals surface area contributed by atoms with E-state index in [0.717, 1.165) is 23.5 Å². The van der Waals surface area contributed by atoms with E-state index in [1.807, 2.05) is 0 Å². The molecule has 0 aliphatic carbocycles. The number of nitrogen functional groups attached to an aromatic ring is 1. The molecule has 0 aliphatic heterocycles. The third-order valence-corrected chi connectivity index (χ3v) is 3.12. The van der Waals surface area contributed by atoms with Crippen molar-refractivity contribution in [2.75, 3.05) is 12.3 Å². The minimum atomic E-state index is -4.45. The minimum absolute atomic E-state index is 0.126. The van der Waals surface area contributed by atoms with Crippen molar-refractivity contribution in [1.82, 2.24) is 4.98 Å². The molecule has 0 fully saturated rings. The van der Waals surface area contributed by atoms with Gasteiger partial charge < -0.3 is 10.5 Å². The molecule has 1 heterocycles. The summed E-state index contributed by atoms with van der Waals surface area (Å²) in [5.41, 5.74) is 5.82. The molecular formula is C12H9F5N2OS. The van der Waals surface area contributed by atoms with Crippen molar-refractivity contribution in [2.24, 2.45) is 0 Å². The molecule has 0 spiro atoms. The van der Waals surface area contributed by atoms with Crippen molar-refractivity contribution in [2.45, 2.75) is 12.6 Å². The number of anilines is 1. The van der Waals surface area contributed by atoms with Crippen LogP contribution in [0.5, 0.6) is 5.75 Å². The summed E-state index contributed by atoms with van der Waals surface area (Å²) in [4.78, 5) is 3.86. The van der Waals surface area contributed by atoms with Crippen LogP contribution in [0.4, 0.5) is 27.1 Å². The van der Waals surface area contributed by atoms with Crippen LogP contribution in [-0.2, 0) is 0 Å².